The number of hydrogen-bond acceptors (Lipinski definition) is 4. The molecule has 1 fully saturated rings. The minimum absolute atomic E-state index is 0. The second-order valence-electron chi connectivity index (χ2n) is 4.60. The third kappa shape index (κ3) is 2.97. The van der Waals surface area contributed by atoms with Gasteiger partial charge in [-0.1, -0.05) is 0 Å². The van der Waals surface area contributed by atoms with Crippen LogP contribution in [0.1, 0.15) is 23.9 Å². The zero-order valence-corrected chi connectivity index (χ0v) is 11.9. The highest BCUT2D eigenvalue weighted by Gasteiger charge is 2.36. The second kappa shape index (κ2) is 5.33. The van der Waals surface area contributed by atoms with Gasteiger partial charge in [0.05, 0.1) is 11.1 Å². The summed E-state index contributed by atoms with van der Waals surface area (Å²) in [5.74, 6) is 0.0752. The molecule has 6 heteroatoms. The highest BCUT2D eigenvalue weighted by molar-refractivity contribution is 7.15. The van der Waals surface area contributed by atoms with E-state index in [9.17, 15) is 4.79 Å². The lowest BCUT2D eigenvalue weighted by atomic mass is 9.89. The van der Waals surface area contributed by atoms with Crippen molar-refractivity contribution in [3.05, 3.63) is 10.6 Å². The van der Waals surface area contributed by atoms with Gasteiger partial charge < -0.3 is 10.6 Å². The molecule has 1 aromatic rings. The number of thiazole rings is 1. The van der Waals surface area contributed by atoms with Gasteiger partial charge >= 0.3 is 0 Å². The number of anilines is 1. The van der Waals surface area contributed by atoms with E-state index in [4.69, 9.17) is 0 Å². The van der Waals surface area contributed by atoms with E-state index in [1.165, 1.54) is 11.3 Å². The molecule has 2 heterocycles. The lowest BCUT2D eigenvalue weighted by Gasteiger charge is -2.20. The van der Waals surface area contributed by atoms with Gasteiger partial charge in [0, 0.05) is 11.4 Å². The third-order valence-corrected chi connectivity index (χ3v) is 4.15. The van der Waals surface area contributed by atoms with Gasteiger partial charge in [0.2, 0.25) is 5.91 Å². The maximum absolute atomic E-state index is 12.1. The molecule has 4 nitrogen and oxygen atoms in total. The van der Waals surface area contributed by atoms with Gasteiger partial charge in [-0.05, 0) is 33.7 Å². The van der Waals surface area contributed by atoms with Crippen LogP contribution in [0, 0.1) is 19.3 Å². The summed E-state index contributed by atoms with van der Waals surface area (Å²) in [6, 6.07) is 0. The molecule has 2 rings (SSSR count). The van der Waals surface area contributed by atoms with Crippen LogP contribution in [-0.4, -0.2) is 24.0 Å². The van der Waals surface area contributed by atoms with E-state index in [0.29, 0.717) is 5.13 Å². The molecular formula is C11H18ClN3OS. The van der Waals surface area contributed by atoms with Crippen molar-refractivity contribution in [1.82, 2.24) is 10.3 Å². The van der Waals surface area contributed by atoms with Crippen molar-refractivity contribution in [2.75, 3.05) is 18.4 Å². The fourth-order valence-corrected chi connectivity index (χ4v) is 2.59. The first kappa shape index (κ1) is 14.4. The molecule has 0 saturated carbocycles. The largest absolute Gasteiger partial charge is 0.316 e. The number of carbonyl (C=O) groups is 1. The summed E-state index contributed by atoms with van der Waals surface area (Å²) in [7, 11) is 0. The number of rotatable bonds is 2. The number of aryl methyl sites for hydroxylation is 2. The monoisotopic (exact) mass is 275 g/mol. The topological polar surface area (TPSA) is 54.0 Å². The molecule has 1 atom stereocenters. The Morgan fingerprint density at radius 1 is 1.53 bits per heavy atom. The zero-order chi connectivity index (χ0) is 11.8. The van der Waals surface area contributed by atoms with E-state index >= 15 is 0 Å². The molecule has 0 radical (unpaired) electrons. The van der Waals surface area contributed by atoms with E-state index in [1.807, 2.05) is 20.8 Å². The molecule has 1 amide bonds. The number of hydrogen-bond donors (Lipinski definition) is 2. The van der Waals surface area contributed by atoms with Crippen molar-refractivity contribution in [3.8, 4) is 0 Å². The summed E-state index contributed by atoms with van der Waals surface area (Å²) < 4.78 is 0. The molecule has 17 heavy (non-hydrogen) atoms. The molecule has 1 aromatic heterocycles. The average molecular weight is 276 g/mol. The Morgan fingerprint density at radius 3 is 2.71 bits per heavy atom. The Bertz CT molecular complexity index is 393. The summed E-state index contributed by atoms with van der Waals surface area (Å²) in [5, 5.41) is 6.85. The van der Waals surface area contributed by atoms with E-state index in [1.54, 1.807) is 0 Å². The molecule has 96 valence electrons. The minimum Gasteiger partial charge on any atom is -0.316 e. The average Bonchev–Trinajstić information content (AvgIpc) is 2.76. The normalized spacial score (nSPS) is 23.2. The molecule has 1 aliphatic heterocycles. The zero-order valence-electron chi connectivity index (χ0n) is 10.3. The fraction of sp³-hybridized carbons (Fsp3) is 0.636. The smallest absolute Gasteiger partial charge is 0.233 e. The van der Waals surface area contributed by atoms with Gasteiger partial charge in [0.15, 0.2) is 5.13 Å². The maximum Gasteiger partial charge on any atom is 0.233 e. The van der Waals surface area contributed by atoms with E-state index < -0.39 is 0 Å². The number of nitrogens with one attached hydrogen (secondary N) is 2. The number of amides is 1. The SMILES string of the molecule is Cc1nc(NC(=O)C2(C)CCNC2)sc1C.Cl. The Kier molecular flexibility index (Phi) is 4.52. The number of carbonyl (C=O) groups excluding carboxylic acids is 1. The Labute approximate surface area is 112 Å². The lowest BCUT2D eigenvalue weighted by Crippen LogP contribution is -2.35. The summed E-state index contributed by atoms with van der Waals surface area (Å²) in [6.45, 7) is 7.64. The predicted molar refractivity (Wildman–Crippen MR) is 73.1 cm³/mol. The Hall–Kier alpha value is -0.650. The lowest BCUT2D eigenvalue weighted by molar-refractivity contribution is -0.123. The van der Waals surface area contributed by atoms with Crippen molar-refractivity contribution < 1.29 is 4.79 Å². The molecule has 1 saturated heterocycles. The van der Waals surface area contributed by atoms with Crippen LogP contribution < -0.4 is 10.6 Å². The van der Waals surface area contributed by atoms with Crippen molar-refractivity contribution in [2.45, 2.75) is 27.2 Å². The van der Waals surface area contributed by atoms with Gasteiger partial charge in [0.25, 0.3) is 0 Å². The van der Waals surface area contributed by atoms with Crippen molar-refractivity contribution >= 4 is 34.8 Å². The number of aromatic nitrogens is 1. The van der Waals surface area contributed by atoms with Crippen LogP contribution in [0.15, 0.2) is 0 Å². The summed E-state index contributed by atoms with van der Waals surface area (Å²) >= 11 is 1.54. The Morgan fingerprint density at radius 2 is 2.24 bits per heavy atom. The van der Waals surface area contributed by atoms with Crippen LogP contribution in [0.5, 0.6) is 0 Å². The maximum atomic E-state index is 12.1. The highest BCUT2D eigenvalue weighted by Crippen LogP contribution is 2.28. The molecule has 1 unspecified atom stereocenters. The van der Waals surface area contributed by atoms with Gasteiger partial charge in [-0.2, -0.15) is 0 Å². The Balaban J connectivity index is 0.00000144. The van der Waals surface area contributed by atoms with E-state index in [-0.39, 0.29) is 23.7 Å². The van der Waals surface area contributed by atoms with Crippen LogP contribution in [-0.2, 0) is 4.79 Å². The van der Waals surface area contributed by atoms with Crippen LogP contribution in [0.2, 0.25) is 0 Å². The molecular weight excluding hydrogens is 258 g/mol. The molecule has 0 aliphatic carbocycles. The van der Waals surface area contributed by atoms with Crippen LogP contribution >= 0.6 is 23.7 Å². The van der Waals surface area contributed by atoms with Crippen LogP contribution in [0.25, 0.3) is 0 Å². The fourth-order valence-electron chi connectivity index (χ4n) is 1.78. The predicted octanol–water partition coefficient (Wildman–Crippen LogP) is 2.12. The van der Waals surface area contributed by atoms with Crippen molar-refractivity contribution in [3.63, 3.8) is 0 Å². The number of nitrogens with zero attached hydrogens (tertiary/aromatic N) is 1. The standard InChI is InChI=1S/C11H17N3OS.ClH/c1-7-8(2)16-10(13-7)14-9(15)11(3)4-5-12-6-11;/h12H,4-6H2,1-3H3,(H,13,14,15);1H. The van der Waals surface area contributed by atoms with Gasteiger partial charge in [-0.3, -0.25) is 4.79 Å². The summed E-state index contributed by atoms with van der Waals surface area (Å²) in [4.78, 5) is 17.5. The molecule has 1 aliphatic rings. The van der Waals surface area contributed by atoms with Gasteiger partial charge in [0.1, 0.15) is 0 Å². The third-order valence-electron chi connectivity index (χ3n) is 3.17. The summed E-state index contributed by atoms with van der Waals surface area (Å²) in [5.41, 5.74) is 0.711. The number of halogens is 1. The first-order valence-corrected chi connectivity index (χ1v) is 6.29. The van der Waals surface area contributed by atoms with Crippen LogP contribution in [0.4, 0.5) is 5.13 Å². The molecule has 0 spiro atoms. The first-order valence-electron chi connectivity index (χ1n) is 5.47. The molecule has 0 bridgehead atoms. The first-order chi connectivity index (χ1) is 7.51. The quantitative estimate of drug-likeness (QED) is 0.869. The second-order valence-corrected chi connectivity index (χ2v) is 5.81. The molecule has 0 aromatic carbocycles. The van der Waals surface area contributed by atoms with Gasteiger partial charge in [-0.25, -0.2) is 4.98 Å². The molecule has 2 N–H and O–H groups in total. The van der Waals surface area contributed by atoms with Gasteiger partial charge in [-0.15, -0.1) is 23.7 Å². The summed E-state index contributed by atoms with van der Waals surface area (Å²) in [6.07, 6.45) is 0.891. The van der Waals surface area contributed by atoms with E-state index in [2.05, 4.69) is 15.6 Å². The van der Waals surface area contributed by atoms with E-state index in [0.717, 1.165) is 30.1 Å². The van der Waals surface area contributed by atoms with Crippen molar-refractivity contribution in [2.24, 2.45) is 5.41 Å². The van der Waals surface area contributed by atoms with Crippen LogP contribution in [0.3, 0.4) is 0 Å². The van der Waals surface area contributed by atoms with Crippen molar-refractivity contribution in [1.29, 1.82) is 0 Å². The minimum atomic E-state index is -0.284. The highest BCUT2D eigenvalue weighted by atomic mass is 35.5.